The van der Waals surface area contributed by atoms with Crippen molar-refractivity contribution < 1.29 is 19.1 Å². The third-order valence-corrected chi connectivity index (χ3v) is 6.53. The number of unbranched alkanes of at least 4 members (excludes halogenated alkanes) is 1. The molecule has 2 amide bonds. The molecule has 1 N–H and O–H groups in total. The van der Waals surface area contributed by atoms with Gasteiger partial charge in [-0.25, -0.2) is 9.79 Å². The summed E-state index contributed by atoms with van der Waals surface area (Å²) in [6, 6.07) is 13.9. The lowest BCUT2D eigenvalue weighted by Gasteiger charge is -2.17. The Morgan fingerprint density at radius 1 is 1.12 bits per heavy atom. The highest BCUT2D eigenvalue weighted by molar-refractivity contribution is 8.15. The van der Waals surface area contributed by atoms with Crippen LogP contribution in [0.4, 0.5) is 5.69 Å². The summed E-state index contributed by atoms with van der Waals surface area (Å²) in [6.07, 6.45) is 1.97. The number of amidine groups is 1. The van der Waals surface area contributed by atoms with Gasteiger partial charge in [-0.2, -0.15) is 0 Å². The number of ether oxygens (including phenoxy) is 1. The van der Waals surface area contributed by atoms with Crippen molar-refractivity contribution in [2.45, 2.75) is 44.9 Å². The average Bonchev–Trinajstić information content (AvgIpc) is 3.10. The van der Waals surface area contributed by atoms with Gasteiger partial charge < -0.3 is 10.1 Å². The lowest BCUT2D eigenvalue weighted by Crippen LogP contribution is -2.34. The number of carbonyl (C=O) groups excluding carboxylic acids is 3. The van der Waals surface area contributed by atoms with Crippen LogP contribution >= 0.6 is 23.4 Å². The molecule has 0 aliphatic carbocycles. The van der Waals surface area contributed by atoms with Crippen LogP contribution in [0.3, 0.4) is 0 Å². The van der Waals surface area contributed by atoms with Gasteiger partial charge in [0.15, 0.2) is 5.17 Å². The van der Waals surface area contributed by atoms with E-state index in [2.05, 4.69) is 17.2 Å². The third-order valence-electron chi connectivity index (χ3n) is 5.10. The fraction of sp³-hybridized carbons (Fsp3) is 0.360. The number of amides is 2. The lowest BCUT2D eigenvalue weighted by atomic mass is 10.2. The number of carbonyl (C=O) groups is 3. The number of aliphatic imine (C=N–C) groups is 1. The zero-order valence-corrected chi connectivity index (χ0v) is 20.8. The Hall–Kier alpha value is -2.84. The normalized spacial score (nSPS) is 16.7. The minimum atomic E-state index is -0.550. The van der Waals surface area contributed by atoms with Gasteiger partial charge in [-0.15, -0.1) is 0 Å². The molecule has 0 bridgehead atoms. The van der Waals surface area contributed by atoms with Crippen LogP contribution in [-0.2, 0) is 20.9 Å². The standard InChI is InChI=1S/C25H28ClN3O4S/c1-3-5-14-27-22(30)15-21-23(31)29(16-17-6-10-19(26)11-7-17)25(34-21)28-20-12-8-18(9-13-20)24(32)33-4-2/h6-13,21H,3-5,14-16H2,1-2H3,(H,27,30)/t21-/m1/s1. The van der Waals surface area contributed by atoms with Crippen LogP contribution in [0.1, 0.15) is 49.0 Å². The van der Waals surface area contributed by atoms with Crippen LogP contribution < -0.4 is 5.32 Å². The molecule has 0 aromatic heterocycles. The maximum atomic E-state index is 13.2. The molecule has 3 rings (SSSR count). The molecule has 0 unspecified atom stereocenters. The monoisotopic (exact) mass is 501 g/mol. The molecule has 2 aromatic carbocycles. The number of nitrogens with zero attached hydrogens (tertiary/aromatic N) is 2. The van der Waals surface area contributed by atoms with Crippen LogP contribution in [0.5, 0.6) is 0 Å². The molecule has 0 spiro atoms. The maximum Gasteiger partial charge on any atom is 0.338 e. The van der Waals surface area contributed by atoms with Gasteiger partial charge in [0.2, 0.25) is 11.8 Å². The average molecular weight is 502 g/mol. The van der Waals surface area contributed by atoms with Crippen molar-refractivity contribution in [3.05, 3.63) is 64.7 Å². The number of hydrogen-bond acceptors (Lipinski definition) is 6. The molecule has 9 heteroatoms. The second-order valence-electron chi connectivity index (χ2n) is 7.73. The minimum Gasteiger partial charge on any atom is -0.462 e. The summed E-state index contributed by atoms with van der Waals surface area (Å²) in [7, 11) is 0. The SMILES string of the molecule is CCCCNC(=O)C[C@H]1SC(=Nc2ccc(C(=O)OCC)cc2)N(Cc2ccc(Cl)cc2)C1=O. The number of esters is 1. The third kappa shape index (κ3) is 7.08. The fourth-order valence-corrected chi connectivity index (χ4v) is 4.57. The number of thioether (sulfide) groups is 1. The van der Waals surface area contributed by atoms with E-state index in [1.165, 1.54) is 11.8 Å². The van der Waals surface area contributed by atoms with Crippen molar-refractivity contribution in [3.63, 3.8) is 0 Å². The Morgan fingerprint density at radius 2 is 1.82 bits per heavy atom. The van der Waals surface area contributed by atoms with Crippen molar-refractivity contribution in [3.8, 4) is 0 Å². The molecule has 1 atom stereocenters. The van der Waals surface area contributed by atoms with Crippen molar-refractivity contribution in [2.24, 2.45) is 4.99 Å². The highest BCUT2D eigenvalue weighted by Gasteiger charge is 2.39. The molecule has 1 fully saturated rings. The summed E-state index contributed by atoms with van der Waals surface area (Å²) in [5.41, 5.74) is 1.93. The van der Waals surface area contributed by atoms with E-state index in [9.17, 15) is 14.4 Å². The van der Waals surface area contributed by atoms with E-state index in [1.807, 2.05) is 12.1 Å². The van der Waals surface area contributed by atoms with Gasteiger partial charge in [0.05, 0.1) is 24.4 Å². The molecule has 0 radical (unpaired) electrons. The maximum absolute atomic E-state index is 13.2. The van der Waals surface area contributed by atoms with E-state index in [4.69, 9.17) is 16.3 Å². The van der Waals surface area contributed by atoms with Gasteiger partial charge in [0.1, 0.15) is 5.25 Å². The molecule has 1 saturated heterocycles. The molecular formula is C25H28ClN3O4S. The first kappa shape index (κ1) is 25.8. The van der Waals surface area contributed by atoms with E-state index in [1.54, 1.807) is 48.2 Å². The van der Waals surface area contributed by atoms with Crippen LogP contribution in [0.2, 0.25) is 5.02 Å². The fourth-order valence-electron chi connectivity index (χ4n) is 3.29. The van der Waals surface area contributed by atoms with Crippen molar-refractivity contribution >= 4 is 52.0 Å². The zero-order chi connectivity index (χ0) is 24.5. The molecule has 34 heavy (non-hydrogen) atoms. The van der Waals surface area contributed by atoms with Crippen molar-refractivity contribution in [2.75, 3.05) is 13.2 Å². The highest BCUT2D eigenvalue weighted by Crippen LogP contribution is 2.33. The summed E-state index contributed by atoms with van der Waals surface area (Å²) in [5, 5.41) is 3.45. The number of halogens is 1. The van der Waals surface area contributed by atoms with Gasteiger partial charge in [-0.3, -0.25) is 14.5 Å². The Morgan fingerprint density at radius 3 is 2.47 bits per heavy atom. The van der Waals surface area contributed by atoms with Crippen molar-refractivity contribution in [1.82, 2.24) is 10.2 Å². The topological polar surface area (TPSA) is 88.1 Å². The number of hydrogen-bond donors (Lipinski definition) is 1. The summed E-state index contributed by atoms with van der Waals surface area (Å²) in [4.78, 5) is 43.7. The van der Waals surface area contributed by atoms with Crippen LogP contribution in [0.15, 0.2) is 53.5 Å². The van der Waals surface area contributed by atoms with Crippen LogP contribution in [-0.4, -0.2) is 46.3 Å². The Bertz CT molecular complexity index is 1040. The van der Waals surface area contributed by atoms with E-state index in [0.29, 0.717) is 41.1 Å². The van der Waals surface area contributed by atoms with E-state index in [0.717, 1.165) is 18.4 Å². The van der Waals surface area contributed by atoms with Gasteiger partial charge in [0, 0.05) is 18.0 Å². The minimum absolute atomic E-state index is 0.0884. The summed E-state index contributed by atoms with van der Waals surface area (Å²) >= 11 is 7.27. The largest absolute Gasteiger partial charge is 0.462 e. The van der Waals surface area contributed by atoms with Gasteiger partial charge in [0.25, 0.3) is 0 Å². The van der Waals surface area contributed by atoms with E-state index in [-0.39, 0.29) is 18.2 Å². The molecule has 1 aliphatic heterocycles. The second kappa shape index (κ2) is 12.6. The smallest absolute Gasteiger partial charge is 0.338 e. The van der Waals surface area contributed by atoms with Gasteiger partial charge in [-0.05, 0) is 55.3 Å². The van der Waals surface area contributed by atoms with E-state index < -0.39 is 11.2 Å². The molecule has 2 aromatic rings. The van der Waals surface area contributed by atoms with Crippen LogP contribution in [0, 0.1) is 0 Å². The Balaban J connectivity index is 1.80. The number of nitrogens with one attached hydrogen (secondary N) is 1. The molecule has 1 heterocycles. The molecule has 0 saturated carbocycles. The summed E-state index contributed by atoms with van der Waals surface area (Å²) in [5.74, 6) is -0.705. The zero-order valence-electron chi connectivity index (χ0n) is 19.3. The van der Waals surface area contributed by atoms with Gasteiger partial charge >= 0.3 is 5.97 Å². The lowest BCUT2D eigenvalue weighted by molar-refractivity contribution is -0.129. The molecule has 1 aliphatic rings. The molecular weight excluding hydrogens is 474 g/mol. The summed E-state index contributed by atoms with van der Waals surface area (Å²) in [6.45, 7) is 5.02. The van der Waals surface area contributed by atoms with Crippen molar-refractivity contribution in [1.29, 1.82) is 0 Å². The predicted molar refractivity (Wildman–Crippen MR) is 135 cm³/mol. The Labute approximate surface area is 208 Å². The number of rotatable bonds is 10. The molecule has 7 nitrogen and oxygen atoms in total. The first-order valence-electron chi connectivity index (χ1n) is 11.3. The highest BCUT2D eigenvalue weighted by atomic mass is 35.5. The first-order chi connectivity index (χ1) is 16.4. The predicted octanol–water partition coefficient (Wildman–Crippen LogP) is 4.95. The quantitative estimate of drug-likeness (QED) is 0.367. The Kier molecular flexibility index (Phi) is 9.53. The van der Waals surface area contributed by atoms with Gasteiger partial charge in [-0.1, -0.05) is 48.8 Å². The second-order valence-corrected chi connectivity index (χ2v) is 9.33. The number of benzene rings is 2. The van der Waals surface area contributed by atoms with Crippen LogP contribution in [0.25, 0.3) is 0 Å². The first-order valence-corrected chi connectivity index (χ1v) is 12.5. The van der Waals surface area contributed by atoms with E-state index >= 15 is 0 Å². The molecule has 180 valence electrons. The summed E-state index contributed by atoms with van der Waals surface area (Å²) < 4.78 is 5.01.